The van der Waals surface area contributed by atoms with E-state index in [9.17, 15) is 28.7 Å². The summed E-state index contributed by atoms with van der Waals surface area (Å²) < 4.78 is 19.3. The molecule has 3 aliphatic heterocycles. The summed E-state index contributed by atoms with van der Waals surface area (Å²) in [5.41, 5.74) is 2.85. The number of imide groups is 2. The number of amides is 4. The van der Waals surface area contributed by atoms with Crippen LogP contribution in [0.5, 0.6) is 5.75 Å². The lowest BCUT2D eigenvalue weighted by Crippen LogP contribution is -2.60. The van der Waals surface area contributed by atoms with Crippen molar-refractivity contribution < 1.29 is 33.4 Å². The Kier molecular flexibility index (Phi) is 7.44. The second-order valence-corrected chi connectivity index (χ2v) is 14.6. The Labute approximate surface area is 291 Å². The number of para-hydroxylation sites is 1. The first kappa shape index (κ1) is 32.0. The highest BCUT2D eigenvalue weighted by atomic mass is 35.5. The van der Waals surface area contributed by atoms with Gasteiger partial charge in [-0.3, -0.25) is 24.1 Å². The molecule has 6 unspecified atom stereocenters. The molecule has 1 saturated carbocycles. The Balaban J connectivity index is 1.22. The highest BCUT2D eigenvalue weighted by Crippen LogP contribution is 2.66. The number of fused-ring (bicyclic) bond motifs is 4. The number of aromatic hydroxyl groups is 1. The summed E-state index contributed by atoms with van der Waals surface area (Å²) >= 11 is 14.8. The van der Waals surface area contributed by atoms with Gasteiger partial charge in [-0.2, -0.15) is 0 Å². The number of aryl methyl sites for hydroxylation is 1. The molecule has 1 N–H and O–H groups in total. The van der Waals surface area contributed by atoms with Crippen LogP contribution in [0, 0.1) is 30.5 Å². The molecule has 12 heteroatoms. The number of ether oxygens (including phenoxy) is 1. The number of phenols is 1. The van der Waals surface area contributed by atoms with Crippen LogP contribution in [-0.4, -0.2) is 64.8 Å². The molecule has 3 heterocycles. The van der Waals surface area contributed by atoms with Gasteiger partial charge in [0, 0.05) is 30.3 Å². The van der Waals surface area contributed by atoms with Crippen LogP contribution in [0.15, 0.2) is 78.4 Å². The van der Waals surface area contributed by atoms with Crippen molar-refractivity contribution in [1.82, 2.24) is 0 Å². The zero-order valence-corrected chi connectivity index (χ0v) is 28.0. The number of alkyl halides is 2. The van der Waals surface area contributed by atoms with Gasteiger partial charge in [-0.15, -0.1) is 23.2 Å². The van der Waals surface area contributed by atoms with E-state index in [4.69, 9.17) is 27.9 Å². The number of nitrogens with zero attached hydrogens (tertiary/aromatic N) is 3. The van der Waals surface area contributed by atoms with Gasteiger partial charge < -0.3 is 14.7 Å². The first-order valence-electron chi connectivity index (χ1n) is 16.3. The number of benzene rings is 3. The standard InChI is InChI=1S/C37H32Cl2FN3O6/c1-20-3-2-4-27(31(20)44)30-25-13-14-26-29(33(46)42(32(26)45)23-11-9-22(10-12-23)41-15-17-49-18-16-41)28(25)19-36(38)34(47)43(35(48)37(30,36)39)24-7-5-21(40)6-8-24/h2-13,26,28-30,44H,14-19H2,1H3. The van der Waals surface area contributed by atoms with Gasteiger partial charge in [-0.05, 0) is 79.8 Å². The molecule has 9 nitrogen and oxygen atoms in total. The summed E-state index contributed by atoms with van der Waals surface area (Å²) in [6.45, 7) is 4.41. The van der Waals surface area contributed by atoms with Crippen LogP contribution in [0.1, 0.15) is 29.9 Å². The molecule has 252 valence electrons. The zero-order valence-electron chi connectivity index (χ0n) is 26.4. The van der Waals surface area contributed by atoms with Gasteiger partial charge in [0.25, 0.3) is 11.8 Å². The van der Waals surface area contributed by atoms with Gasteiger partial charge >= 0.3 is 0 Å². The lowest BCUT2D eigenvalue weighted by atomic mass is 9.56. The molecular weight excluding hydrogens is 672 g/mol. The van der Waals surface area contributed by atoms with Gasteiger partial charge in [0.05, 0.1) is 36.4 Å². The average molecular weight is 705 g/mol. The molecule has 49 heavy (non-hydrogen) atoms. The maximum absolute atomic E-state index is 14.5. The Bertz CT molecular complexity index is 1950. The Morgan fingerprint density at radius 1 is 0.816 bits per heavy atom. The summed E-state index contributed by atoms with van der Waals surface area (Å²) in [5.74, 6) is -6.59. The molecule has 4 amide bonds. The summed E-state index contributed by atoms with van der Waals surface area (Å²) in [6, 6.07) is 17.2. The summed E-state index contributed by atoms with van der Waals surface area (Å²) in [5, 5.41) is 11.4. The third-order valence-electron chi connectivity index (χ3n) is 11.0. The number of anilines is 3. The Hall–Kier alpha value is -4.25. The van der Waals surface area contributed by atoms with Crippen LogP contribution < -0.4 is 14.7 Å². The van der Waals surface area contributed by atoms with E-state index in [2.05, 4.69) is 4.90 Å². The maximum atomic E-state index is 14.5. The molecule has 3 aromatic carbocycles. The van der Waals surface area contributed by atoms with Crippen LogP contribution in [0.4, 0.5) is 21.5 Å². The van der Waals surface area contributed by atoms with E-state index in [1.54, 1.807) is 37.3 Å². The van der Waals surface area contributed by atoms with Crippen molar-refractivity contribution >= 4 is 63.9 Å². The fourth-order valence-corrected chi connectivity index (χ4v) is 9.47. The van der Waals surface area contributed by atoms with Gasteiger partial charge in [-0.1, -0.05) is 29.8 Å². The third kappa shape index (κ3) is 4.46. The highest BCUT2D eigenvalue weighted by Gasteiger charge is 2.77. The van der Waals surface area contributed by atoms with E-state index >= 15 is 0 Å². The van der Waals surface area contributed by atoms with Crippen molar-refractivity contribution in [3.05, 3.63) is 95.3 Å². The topological polar surface area (TPSA) is 107 Å². The smallest absolute Gasteiger partial charge is 0.258 e. The van der Waals surface area contributed by atoms with Gasteiger partial charge in [0.2, 0.25) is 11.8 Å². The minimum atomic E-state index is -2.12. The van der Waals surface area contributed by atoms with E-state index < -0.39 is 57.0 Å². The second kappa shape index (κ2) is 11.4. The van der Waals surface area contributed by atoms with Crippen molar-refractivity contribution in [3.63, 3.8) is 0 Å². The van der Waals surface area contributed by atoms with E-state index in [1.807, 2.05) is 18.2 Å². The van der Waals surface area contributed by atoms with Gasteiger partial charge in [0.1, 0.15) is 11.6 Å². The van der Waals surface area contributed by atoms with Gasteiger partial charge in [-0.25, -0.2) is 9.29 Å². The first-order chi connectivity index (χ1) is 23.5. The normalized spacial score (nSPS) is 31.1. The van der Waals surface area contributed by atoms with Crippen molar-refractivity contribution in [2.45, 2.75) is 35.4 Å². The molecule has 3 saturated heterocycles. The lowest BCUT2D eigenvalue weighted by Gasteiger charge is -2.50. The maximum Gasteiger partial charge on any atom is 0.258 e. The number of hydrogen-bond acceptors (Lipinski definition) is 7. The van der Waals surface area contributed by atoms with E-state index in [0.29, 0.717) is 30.0 Å². The number of carbonyl (C=O) groups is 4. The number of phenolic OH excluding ortho intramolecular Hbond substituents is 1. The minimum absolute atomic E-state index is 0.0896. The molecule has 3 aromatic rings. The molecule has 5 aliphatic rings. The molecule has 0 spiro atoms. The third-order valence-corrected chi connectivity index (χ3v) is 12.4. The van der Waals surface area contributed by atoms with Crippen LogP contribution in [0.2, 0.25) is 0 Å². The Morgan fingerprint density at radius 2 is 1.45 bits per heavy atom. The first-order valence-corrected chi connectivity index (χ1v) is 17.0. The molecular formula is C37H32Cl2FN3O6. The molecule has 8 rings (SSSR count). The van der Waals surface area contributed by atoms with Crippen LogP contribution in [0.3, 0.4) is 0 Å². The molecule has 2 aliphatic carbocycles. The molecule has 4 fully saturated rings. The quantitative estimate of drug-likeness (QED) is 0.219. The fourth-order valence-electron chi connectivity index (χ4n) is 8.55. The minimum Gasteiger partial charge on any atom is -0.507 e. The summed E-state index contributed by atoms with van der Waals surface area (Å²) in [7, 11) is 0. The SMILES string of the molecule is Cc1cccc(C2C3=CCC4C(=O)N(c5ccc(N6CCOCC6)cc5)C(=O)C4C3CC3(Cl)C(=O)N(c4ccc(F)cc4)C(=O)C23Cl)c1O. The highest BCUT2D eigenvalue weighted by molar-refractivity contribution is 6.58. The molecule has 0 radical (unpaired) electrons. The monoisotopic (exact) mass is 703 g/mol. The molecule has 6 atom stereocenters. The fraction of sp³-hybridized carbons (Fsp3) is 0.351. The summed E-state index contributed by atoms with van der Waals surface area (Å²) in [4.78, 5) is 57.4. The number of rotatable bonds is 4. The van der Waals surface area contributed by atoms with Crippen LogP contribution in [-0.2, 0) is 23.9 Å². The van der Waals surface area contributed by atoms with Crippen LogP contribution >= 0.6 is 23.2 Å². The van der Waals surface area contributed by atoms with Crippen molar-refractivity contribution in [1.29, 1.82) is 0 Å². The molecule has 0 bridgehead atoms. The van der Waals surface area contributed by atoms with Crippen molar-refractivity contribution in [2.24, 2.45) is 17.8 Å². The number of halogens is 3. The van der Waals surface area contributed by atoms with Gasteiger partial charge in [0.15, 0.2) is 9.75 Å². The largest absolute Gasteiger partial charge is 0.507 e. The number of morpholine rings is 1. The predicted octanol–water partition coefficient (Wildman–Crippen LogP) is 5.44. The number of hydrogen-bond donors (Lipinski definition) is 1. The van der Waals surface area contributed by atoms with E-state index in [1.165, 1.54) is 17.0 Å². The average Bonchev–Trinajstić information content (AvgIpc) is 3.45. The van der Waals surface area contributed by atoms with Crippen molar-refractivity contribution in [2.75, 3.05) is 41.0 Å². The lowest BCUT2D eigenvalue weighted by molar-refractivity contribution is -0.125. The number of allylic oxidation sites excluding steroid dienone is 2. The Morgan fingerprint density at radius 3 is 2.14 bits per heavy atom. The van der Waals surface area contributed by atoms with Crippen molar-refractivity contribution in [3.8, 4) is 5.75 Å². The van der Waals surface area contributed by atoms with E-state index in [-0.39, 0.29) is 35.7 Å². The molecule has 0 aromatic heterocycles. The second-order valence-electron chi connectivity index (χ2n) is 13.4. The van der Waals surface area contributed by atoms with E-state index in [0.717, 1.165) is 35.8 Å². The van der Waals surface area contributed by atoms with Crippen LogP contribution in [0.25, 0.3) is 0 Å². The zero-order chi connectivity index (χ0) is 34.4. The summed E-state index contributed by atoms with van der Waals surface area (Å²) in [6.07, 6.45) is 1.81. The number of carbonyl (C=O) groups excluding carboxylic acids is 4. The predicted molar refractivity (Wildman–Crippen MR) is 181 cm³/mol.